The summed E-state index contributed by atoms with van der Waals surface area (Å²) in [7, 11) is 1.33. The van der Waals surface area contributed by atoms with Gasteiger partial charge in [0.15, 0.2) is 11.6 Å². The smallest absolute Gasteiger partial charge is 0.309 e. The lowest BCUT2D eigenvalue weighted by Gasteiger charge is -2.23. The molecule has 0 aliphatic heterocycles. The van der Waals surface area contributed by atoms with Gasteiger partial charge in [-0.25, -0.2) is 4.39 Å². The molecule has 0 radical (unpaired) electrons. The van der Waals surface area contributed by atoms with E-state index in [1.807, 2.05) is 0 Å². The number of ether oxygens (including phenoxy) is 1. The molecule has 0 amide bonds. The van der Waals surface area contributed by atoms with Crippen LogP contribution < -0.4 is 0 Å². The average Bonchev–Trinajstić information content (AvgIpc) is 3.18. The number of phenols is 1. The third kappa shape index (κ3) is 2.33. The van der Waals surface area contributed by atoms with Gasteiger partial charge in [0.25, 0.3) is 0 Å². The van der Waals surface area contributed by atoms with Crippen LogP contribution in [-0.4, -0.2) is 18.2 Å². The van der Waals surface area contributed by atoms with E-state index >= 15 is 0 Å². The van der Waals surface area contributed by atoms with Crippen LogP contribution in [0.1, 0.15) is 31.2 Å². The topological polar surface area (TPSA) is 46.5 Å². The van der Waals surface area contributed by atoms with E-state index in [-0.39, 0.29) is 17.6 Å². The number of carbonyl (C=O) groups is 1. The molecule has 0 aromatic heterocycles. The molecule has 4 heteroatoms. The Morgan fingerprint density at radius 3 is 2.72 bits per heavy atom. The summed E-state index contributed by atoms with van der Waals surface area (Å²) in [5, 5.41) is 9.44. The molecule has 2 atom stereocenters. The van der Waals surface area contributed by atoms with E-state index in [1.165, 1.54) is 13.2 Å². The van der Waals surface area contributed by atoms with Crippen molar-refractivity contribution in [3.63, 3.8) is 0 Å². The fraction of sp³-hybridized carbons (Fsp3) is 0.500. The van der Waals surface area contributed by atoms with Crippen LogP contribution in [0.5, 0.6) is 5.75 Å². The standard InChI is InChI=1S/C14H17FO3/c1-8(14(17)18-2)12(9-6-7-9)10-4-3-5-11(16)13(10)15/h3-5,8-9,12,16H,6-7H2,1-2H3/t8-,12+/m1/s1. The van der Waals surface area contributed by atoms with Crippen LogP contribution in [-0.2, 0) is 9.53 Å². The Bertz CT molecular complexity index is 454. The highest BCUT2D eigenvalue weighted by Crippen LogP contribution is 2.48. The molecule has 0 heterocycles. The van der Waals surface area contributed by atoms with Gasteiger partial charge < -0.3 is 9.84 Å². The van der Waals surface area contributed by atoms with Crippen molar-refractivity contribution in [1.82, 2.24) is 0 Å². The molecular formula is C14H17FO3. The quantitative estimate of drug-likeness (QED) is 0.838. The van der Waals surface area contributed by atoms with Crippen molar-refractivity contribution in [3.05, 3.63) is 29.6 Å². The summed E-state index contributed by atoms with van der Waals surface area (Å²) >= 11 is 0. The Labute approximate surface area is 106 Å². The molecule has 1 N–H and O–H groups in total. The number of hydrogen-bond donors (Lipinski definition) is 1. The highest BCUT2D eigenvalue weighted by atomic mass is 19.1. The predicted molar refractivity (Wildman–Crippen MR) is 64.7 cm³/mol. The van der Waals surface area contributed by atoms with Crippen molar-refractivity contribution < 1.29 is 19.0 Å². The molecular weight excluding hydrogens is 235 g/mol. The molecule has 1 aromatic rings. The van der Waals surface area contributed by atoms with Gasteiger partial charge in [0.05, 0.1) is 13.0 Å². The summed E-state index contributed by atoms with van der Waals surface area (Å²) in [4.78, 5) is 11.6. The first kappa shape index (κ1) is 12.9. The SMILES string of the molecule is COC(=O)[C@H](C)[C@H](c1cccc(O)c1F)C1CC1. The number of halogens is 1. The maximum absolute atomic E-state index is 14.0. The highest BCUT2D eigenvalue weighted by Gasteiger charge is 2.40. The van der Waals surface area contributed by atoms with Crippen molar-refractivity contribution in [2.24, 2.45) is 11.8 Å². The largest absolute Gasteiger partial charge is 0.505 e. The first-order valence-electron chi connectivity index (χ1n) is 6.11. The zero-order valence-electron chi connectivity index (χ0n) is 10.5. The van der Waals surface area contributed by atoms with E-state index in [2.05, 4.69) is 0 Å². The maximum atomic E-state index is 14.0. The summed E-state index contributed by atoms with van der Waals surface area (Å²) in [5.74, 6) is -1.64. The zero-order valence-corrected chi connectivity index (χ0v) is 10.5. The number of carbonyl (C=O) groups excluding carboxylic acids is 1. The van der Waals surface area contributed by atoms with Gasteiger partial charge in [-0.3, -0.25) is 4.79 Å². The molecule has 2 rings (SSSR count). The Hall–Kier alpha value is -1.58. The number of rotatable bonds is 4. The van der Waals surface area contributed by atoms with Gasteiger partial charge in [0, 0.05) is 5.92 Å². The van der Waals surface area contributed by atoms with Gasteiger partial charge in [-0.15, -0.1) is 0 Å². The predicted octanol–water partition coefficient (Wildman–Crippen LogP) is 2.83. The lowest BCUT2D eigenvalue weighted by Crippen LogP contribution is -2.23. The van der Waals surface area contributed by atoms with Gasteiger partial charge >= 0.3 is 5.97 Å². The van der Waals surface area contributed by atoms with Crippen LogP contribution in [0.15, 0.2) is 18.2 Å². The Morgan fingerprint density at radius 1 is 1.50 bits per heavy atom. The van der Waals surface area contributed by atoms with Crippen LogP contribution >= 0.6 is 0 Å². The monoisotopic (exact) mass is 252 g/mol. The van der Waals surface area contributed by atoms with Crippen LogP contribution in [0.3, 0.4) is 0 Å². The van der Waals surface area contributed by atoms with E-state index < -0.39 is 11.7 Å². The molecule has 0 unspecified atom stereocenters. The minimum absolute atomic E-state index is 0.218. The van der Waals surface area contributed by atoms with Crippen LogP contribution in [0.4, 0.5) is 4.39 Å². The van der Waals surface area contributed by atoms with E-state index in [0.717, 1.165) is 12.8 Å². The van der Waals surface area contributed by atoms with Crippen molar-refractivity contribution in [2.75, 3.05) is 7.11 Å². The van der Waals surface area contributed by atoms with Gasteiger partial charge in [0.2, 0.25) is 0 Å². The van der Waals surface area contributed by atoms with Crippen molar-refractivity contribution in [2.45, 2.75) is 25.7 Å². The summed E-state index contributed by atoms with van der Waals surface area (Å²) in [5.41, 5.74) is 0.412. The van der Waals surface area contributed by atoms with Crippen LogP contribution in [0, 0.1) is 17.7 Å². The van der Waals surface area contributed by atoms with Gasteiger partial charge in [-0.05, 0) is 30.4 Å². The second kappa shape index (κ2) is 4.96. The van der Waals surface area contributed by atoms with Gasteiger partial charge in [-0.2, -0.15) is 0 Å². The average molecular weight is 252 g/mol. The second-order valence-corrected chi connectivity index (χ2v) is 4.86. The summed E-state index contributed by atoms with van der Waals surface area (Å²) in [6.07, 6.45) is 1.97. The van der Waals surface area contributed by atoms with Gasteiger partial charge in [-0.1, -0.05) is 19.1 Å². The van der Waals surface area contributed by atoms with E-state index in [9.17, 15) is 14.3 Å². The Kier molecular flexibility index (Phi) is 3.55. The number of hydrogen-bond acceptors (Lipinski definition) is 3. The van der Waals surface area contributed by atoms with Crippen LogP contribution in [0.25, 0.3) is 0 Å². The van der Waals surface area contributed by atoms with Crippen molar-refractivity contribution in [3.8, 4) is 5.75 Å². The molecule has 1 fully saturated rings. The van der Waals surface area contributed by atoms with E-state index in [4.69, 9.17) is 4.74 Å². The number of phenolic OH excluding ortho intramolecular Hbond substituents is 1. The number of benzene rings is 1. The minimum Gasteiger partial charge on any atom is -0.505 e. The first-order chi connectivity index (χ1) is 8.56. The molecule has 1 aliphatic rings. The molecule has 1 aliphatic carbocycles. The Morgan fingerprint density at radius 2 is 2.17 bits per heavy atom. The Balaban J connectivity index is 2.35. The molecule has 0 spiro atoms. The second-order valence-electron chi connectivity index (χ2n) is 4.86. The third-order valence-corrected chi connectivity index (χ3v) is 3.61. The maximum Gasteiger partial charge on any atom is 0.309 e. The van der Waals surface area contributed by atoms with Crippen molar-refractivity contribution in [1.29, 1.82) is 0 Å². The molecule has 98 valence electrons. The summed E-state index contributed by atoms with van der Waals surface area (Å²) in [6.45, 7) is 1.75. The molecule has 1 saturated carbocycles. The fourth-order valence-corrected chi connectivity index (χ4v) is 2.51. The number of aromatic hydroxyl groups is 1. The molecule has 0 saturated heterocycles. The van der Waals surface area contributed by atoms with Crippen LogP contribution in [0.2, 0.25) is 0 Å². The summed E-state index contributed by atoms with van der Waals surface area (Å²) in [6, 6.07) is 4.55. The molecule has 3 nitrogen and oxygen atoms in total. The first-order valence-corrected chi connectivity index (χ1v) is 6.11. The lowest BCUT2D eigenvalue weighted by atomic mass is 9.83. The minimum atomic E-state index is -0.620. The molecule has 1 aromatic carbocycles. The van der Waals surface area contributed by atoms with Gasteiger partial charge in [0.1, 0.15) is 0 Å². The lowest BCUT2D eigenvalue weighted by molar-refractivity contribution is -0.145. The normalized spacial score (nSPS) is 18.2. The third-order valence-electron chi connectivity index (χ3n) is 3.61. The summed E-state index contributed by atoms with van der Waals surface area (Å²) < 4.78 is 18.7. The van der Waals surface area contributed by atoms with E-state index in [1.54, 1.807) is 19.1 Å². The fourth-order valence-electron chi connectivity index (χ4n) is 2.51. The van der Waals surface area contributed by atoms with Crippen molar-refractivity contribution >= 4 is 5.97 Å². The highest BCUT2D eigenvalue weighted by molar-refractivity contribution is 5.73. The number of methoxy groups -OCH3 is 1. The number of esters is 1. The molecule has 0 bridgehead atoms. The molecule has 18 heavy (non-hydrogen) atoms. The zero-order chi connectivity index (χ0) is 13.3. The van der Waals surface area contributed by atoms with E-state index in [0.29, 0.717) is 11.5 Å².